The molecule has 0 aliphatic carbocycles. The molecule has 2 atom stereocenters. The minimum absolute atomic E-state index is 0.178. The highest BCUT2D eigenvalue weighted by molar-refractivity contribution is 6.30. The third-order valence-electron chi connectivity index (χ3n) is 3.14. The molecule has 0 aromatic heterocycles. The van der Waals surface area contributed by atoms with Crippen LogP contribution in [0.3, 0.4) is 0 Å². The first-order valence-corrected chi connectivity index (χ1v) is 6.29. The fraction of sp³-hybridized carbons (Fsp3) is 0.538. The second kappa shape index (κ2) is 5.83. The lowest BCUT2D eigenvalue weighted by Crippen LogP contribution is -2.36. The monoisotopic (exact) mass is 254 g/mol. The van der Waals surface area contributed by atoms with Gasteiger partial charge in [-0.25, -0.2) is 0 Å². The van der Waals surface area contributed by atoms with Crippen LogP contribution in [0.5, 0.6) is 0 Å². The van der Waals surface area contributed by atoms with Crippen molar-refractivity contribution in [2.45, 2.75) is 12.6 Å². The number of rotatable bonds is 4. The van der Waals surface area contributed by atoms with Gasteiger partial charge in [0.2, 0.25) is 0 Å². The fourth-order valence-electron chi connectivity index (χ4n) is 2.22. The Hall–Kier alpha value is -0.610. The van der Waals surface area contributed by atoms with Gasteiger partial charge < -0.3 is 15.4 Å². The van der Waals surface area contributed by atoms with Crippen LogP contribution >= 0.6 is 11.6 Å². The normalized spacial score (nSPS) is 24.5. The Morgan fingerprint density at radius 1 is 1.47 bits per heavy atom. The molecule has 0 saturated carbocycles. The number of nitrogens with zero attached hydrogens (tertiary/aromatic N) is 1. The van der Waals surface area contributed by atoms with Gasteiger partial charge in [0.15, 0.2) is 0 Å². The molecule has 1 aromatic rings. The summed E-state index contributed by atoms with van der Waals surface area (Å²) >= 11 is 5.96. The van der Waals surface area contributed by atoms with Crippen LogP contribution in [0.25, 0.3) is 0 Å². The number of hydrogen-bond donors (Lipinski definition) is 1. The van der Waals surface area contributed by atoms with Gasteiger partial charge in [0.05, 0.1) is 13.2 Å². The lowest BCUT2D eigenvalue weighted by molar-refractivity contribution is 0.172. The lowest BCUT2D eigenvalue weighted by Gasteiger charge is -2.22. The van der Waals surface area contributed by atoms with Crippen molar-refractivity contribution in [1.29, 1.82) is 0 Å². The standard InChI is InChI=1S/C13H19ClN2O/c1-16(7-11-8-17-9-13(11)15)6-10-3-2-4-12(14)5-10/h2-5,11,13H,6-9,15H2,1H3. The fourth-order valence-corrected chi connectivity index (χ4v) is 2.43. The Labute approximate surface area is 107 Å². The molecule has 3 nitrogen and oxygen atoms in total. The molecular weight excluding hydrogens is 236 g/mol. The third-order valence-corrected chi connectivity index (χ3v) is 3.37. The quantitative estimate of drug-likeness (QED) is 0.890. The minimum atomic E-state index is 0.178. The maximum absolute atomic E-state index is 5.97. The molecule has 0 spiro atoms. The van der Waals surface area contributed by atoms with E-state index in [1.807, 2.05) is 18.2 Å². The Kier molecular flexibility index (Phi) is 4.40. The molecule has 0 bridgehead atoms. The van der Waals surface area contributed by atoms with Crippen LogP contribution in [0.4, 0.5) is 0 Å². The van der Waals surface area contributed by atoms with Crippen molar-refractivity contribution in [3.63, 3.8) is 0 Å². The van der Waals surface area contributed by atoms with E-state index in [1.54, 1.807) is 0 Å². The van der Waals surface area contributed by atoms with E-state index in [-0.39, 0.29) is 6.04 Å². The molecule has 1 aliphatic heterocycles. The first kappa shape index (κ1) is 12.8. The van der Waals surface area contributed by atoms with E-state index in [0.29, 0.717) is 12.5 Å². The van der Waals surface area contributed by atoms with Crippen LogP contribution in [0, 0.1) is 5.92 Å². The van der Waals surface area contributed by atoms with Crippen molar-refractivity contribution in [3.8, 4) is 0 Å². The van der Waals surface area contributed by atoms with Gasteiger partial charge >= 0.3 is 0 Å². The summed E-state index contributed by atoms with van der Waals surface area (Å²) in [6, 6.07) is 8.15. The van der Waals surface area contributed by atoms with Crippen LogP contribution in [0.15, 0.2) is 24.3 Å². The number of ether oxygens (including phenoxy) is 1. The van der Waals surface area contributed by atoms with Gasteiger partial charge in [-0.05, 0) is 24.7 Å². The SMILES string of the molecule is CN(Cc1cccc(Cl)c1)CC1COCC1N. The van der Waals surface area contributed by atoms with Crippen LogP contribution < -0.4 is 5.73 Å². The molecule has 2 unspecified atom stereocenters. The Balaban J connectivity index is 1.86. The van der Waals surface area contributed by atoms with E-state index in [4.69, 9.17) is 22.1 Å². The van der Waals surface area contributed by atoms with Crippen molar-refractivity contribution in [2.75, 3.05) is 26.8 Å². The summed E-state index contributed by atoms with van der Waals surface area (Å²) in [5.41, 5.74) is 7.20. The van der Waals surface area contributed by atoms with Crippen molar-refractivity contribution >= 4 is 11.6 Å². The number of nitrogens with two attached hydrogens (primary N) is 1. The molecule has 0 radical (unpaired) electrons. The van der Waals surface area contributed by atoms with E-state index >= 15 is 0 Å². The molecule has 4 heteroatoms. The molecule has 2 rings (SSSR count). The molecular formula is C13H19ClN2O. The largest absolute Gasteiger partial charge is 0.379 e. The van der Waals surface area contributed by atoms with Crippen molar-refractivity contribution in [2.24, 2.45) is 11.7 Å². The Morgan fingerprint density at radius 2 is 2.29 bits per heavy atom. The topological polar surface area (TPSA) is 38.5 Å². The molecule has 94 valence electrons. The summed E-state index contributed by atoms with van der Waals surface area (Å²) < 4.78 is 5.37. The maximum Gasteiger partial charge on any atom is 0.0621 e. The van der Waals surface area contributed by atoms with Gasteiger partial charge in [0, 0.05) is 30.1 Å². The van der Waals surface area contributed by atoms with E-state index in [0.717, 1.165) is 24.7 Å². The zero-order valence-corrected chi connectivity index (χ0v) is 10.9. The highest BCUT2D eigenvalue weighted by Gasteiger charge is 2.25. The third kappa shape index (κ3) is 3.68. The number of hydrogen-bond acceptors (Lipinski definition) is 3. The summed E-state index contributed by atoms with van der Waals surface area (Å²) in [7, 11) is 2.10. The summed E-state index contributed by atoms with van der Waals surface area (Å²) in [6.45, 7) is 3.33. The van der Waals surface area contributed by atoms with Gasteiger partial charge in [-0.2, -0.15) is 0 Å². The second-order valence-electron chi connectivity index (χ2n) is 4.79. The first-order valence-electron chi connectivity index (χ1n) is 5.91. The lowest BCUT2D eigenvalue weighted by atomic mass is 10.0. The molecule has 1 fully saturated rings. The van der Waals surface area contributed by atoms with E-state index in [9.17, 15) is 0 Å². The van der Waals surface area contributed by atoms with Gasteiger partial charge in [-0.3, -0.25) is 0 Å². The van der Waals surface area contributed by atoms with Crippen LogP contribution in [-0.2, 0) is 11.3 Å². The summed E-state index contributed by atoms with van der Waals surface area (Å²) in [5, 5.41) is 0.789. The predicted molar refractivity (Wildman–Crippen MR) is 70.1 cm³/mol. The van der Waals surface area contributed by atoms with Crippen molar-refractivity contribution in [3.05, 3.63) is 34.9 Å². The first-order chi connectivity index (χ1) is 8.15. The molecule has 1 saturated heterocycles. The number of halogens is 1. The van der Waals surface area contributed by atoms with Gasteiger partial charge in [-0.1, -0.05) is 23.7 Å². The van der Waals surface area contributed by atoms with Crippen molar-refractivity contribution < 1.29 is 4.74 Å². The van der Waals surface area contributed by atoms with E-state index in [2.05, 4.69) is 18.0 Å². The molecule has 2 N–H and O–H groups in total. The minimum Gasteiger partial charge on any atom is -0.379 e. The molecule has 1 heterocycles. The summed E-state index contributed by atoms with van der Waals surface area (Å²) in [5.74, 6) is 0.444. The molecule has 0 amide bonds. The second-order valence-corrected chi connectivity index (χ2v) is 5.22. The van der Waals surface area contributed by atoms with Gasteiger partial charge in [0.1, 0.15) is 0 Å². The molecule has 1 aliphatic rings. The van der Waals surface area contributed by atoms with Gasteiger partial charge in [0.25, 0.3) is 0 Å². The average Bonchev–Trinajstić information content (AvgIpc) is 2.64. The van der Waals surface area contributed by atoms with Crippen LogP contribution in [0.2, 0.25) is 5.02 Å². The Bertz CT molecular complexity index is 372. The Morgan fingerprint density at radius 3 is 2.94 bits per heavy atom. The van der Waals surface area contributed by atoms with Crippen LogP contribution in [0.1, 0.15) is 5.56 Å². The molecule has 1 aromatic carbocycles. The highest BCUT2D eigenvalue weighted by atomic mass is 35.5. The van der Waals surface area contributed by atoms with Crippen LogP contribution in [-0.4, -0.2) is 37.7 Å². The summed E-state index contributed by atoms with van der Waals surface area (Å²) in [4.78, 5) is 2.27. The van der Waals surface area contributed by atoms with E-state index < -0.39 is 0 Å². The number of benzene rings is 1. The smallest absolute Gasteiger partial charge is 0.0621 e. The molecule has 17 heavy (non-hydrogen) atoms. The zero-order chi connectivity index (χ0) is 12.3. The summed E-state index contributed by atoms with van der Waals surface area (Å²) in [6.07, 6.45) is 0. The maximum atomic E-state index is 5.97. The van der Waals surface area contributed by atoms with Crippen molar-refractivity contribution in [1.82, 2.24) is 4.90 Å². The zero-order valence-electron chi connectivity index (χ0n) is 10.1. The van der Waals surface area contributed by atoms with E-state index in [1.165, 1.54) is 5.56 Å². The van der Waals surface area contributed by atoms with Gasteiger partial charge in [-0.15, -0.1) is 0 Å². The average molecular weight is 255 g/mol. The highest BCUT2D eigenvalue weighted by Crippen LogP contribution is 2.16. The predicted octanol–water partition coefficient (Wildman–Crippen LogP) is 1.75.